The minimum atomic E-state index is -1.30. The maximum absolute atomic E-state index is 12.5. The molecule has 0 fully saturated rings. The van der Waals surface area contributed by atoms with Gasteiger partial charge in [-0.15, -0.1) is 0 Å². The summed E-state index contributed by atoms with van der Waals surface area (Å²) in [4.78, 5) is 12.4. The lowest BCUT2D eigenvalue weighted by atomic mass is 10.1. The van der Waals surface area contributed by atoms with E-state index in [2.05, 4.69) is 5.32 Å². The van der Waals surface area contributed by atoms with Crippen molar-refractivity contribution in [2.75, 3.05) is 7.11 Å². The van der Waals surface area contributed by atoms with Gasteiger partial charge in [0.1, 0.15) is 11.0 Å². The summed E-state index contributed by atoms with van der Waals surface area (Å²) < 4.78 is 17.6. The van der Waals surface area contributed by atoms with Crippen LogP contribution in [0.5, 0.6) is 5.75 Å². The van der Waals surface area contributed by atoms with Crippen molar-refractivity contribution < 1.29 is 13.7 Å². The summed E-state index contributed by atoms with van der Waals surface area (Å²) in [5, 5.41) is 2.35. The van der Waals surface area contributed by atoms with E-state index in [1.807, 2.05) is 61.5 Å². The van der Waals surface area contributed by atoms with Crippen LogP contribution in [0, 0.1) is 0 Å². The Labute approximate surface area is 145 Å². The van der Waals surface area contributed by atoms with Gasteiger partial charge in [-0.25, -0.2) is 0 Å². The van der Waals surface area contributed by atoms with Gasteiger partial charge in [-0.3, -0.25) is 9.00 Å². The van der Waals surface area contributed by atoms with Crippen LogP contribution in [0.15, 0.2) is 54.6 Å². The number of nitrogens with one attached hydrogen (secondary N) is 1. The first-order valence-corrected chi connectivity index (χ1v) is 9.25. The van der Waals surface area contributed by atoms with Crippen LogP contribution < -0.4 is 10.1 Å². The number of hydrogen-bond donors (Lipinski definition) is 1. The van der Waals surface area contributed by atoms with Gasteiger partial charge in [0, 0.05) is 16.6 Å². The fourth-order valence-corrected chi connectivity index (χ4v) is 3.39. The zero-order valence-corrected chi connectivity index (χ0v) is 15.0. The molecule has 1 N–H and O–H groups in total. The third-order valence-electron chi connectivity index (χ3n) is 3.86. The van der Waals surface area contributed by atoms with Crippen molar-refractivity contribution >= 4 is 16.7 Å². The Balaban J connectivity index is 1.95. The minimum Gasteiger partial charge on any atom is -0.497 e. The predicted octanol–water partition coefficient (Wildman–Crippen LogP) is 3.21. The molecule has 0 aromatic heterocycles. The van der Waals surface area contributed by atoms with E-state index in [0.717, 1.165) is 16.9 Å². The molecule has 2 rings (SSSR count). The minimum absolute atomic E-state index is 0.116. The number of rotatable bonds is 7. The first-order valence-electron chi connectivity index (χ1n) is 7.86. The summed E-state index contributed by atoms with van der Waals surface area (Å²) in [5.74, 6) is 0.845. The predicted molar refractivity (Wildman–Crippen MR) is 97.3 cm³/mol. The van der Waals surface area contributed by atoms with Crippen molar-refractivity contribution in [2.45, 2.75) is 30.9 Å². The van der Waals surface area contributed by atoms with Crippen LogP contribution >= 0.6 is 0 Å². The lowest BCUT2D eigenvalue weighted by molar-refractivity contribution is -0.121. The standard InChI is InChI=1S/C19H23NO3S/c1-14(17-9-5-4-6-10-17)20-19(21)15(2)24(22)13-16-8-7-11-18(12-16)23-3/h4-12,14-15H,13H2,1-3H3,(H,20,21)/t14-,15+,24-/m0/s1. The Morgan fingerprint density at radius 3 is 2.50 bits per heavy atom. The second kappa shape index (κ2) is 8.64. The fraction of sp³-hybridized carbons (Fsp3) is 0.316. The molecule has 0 unspecified atom stereocenters. The molecule has 5 heteroatoms. The SMILES string of the molecule is COc1cccc(C[S@](=O)[C@H](C)C(=O)N[C@@H](C)c2ccccc2)c1. The molecule has 4 nitrogen and oxygen atoms in total. The van der Waals surface area contributed by atoms with Crippen LogP contribution in [0.25, 0.3) is 0 Å². The second-order valence-electron chi connectivity index (χ2n) is 5.66. The molecule has 0 spiro atoms. The Kier molecular flexibility index (Phi) is 6.55. The summed E-state index contributed by atoms with van der Waals surface area (Å²) in [7, 11) is 0.298. The second-order valence-corrected chi connectivity index (χ2v) is 7.42. The first-order chi connectivity index (χ1) is 11.5. The van der Waals surface area contributed by atoms with E-state index >= 15 is 0 Å². The summed E-state index contributed by atoms with van der Waals surface area (Å²) in [6.45, 7) is 3.62. The molecule has 2 aromatic carbocycles. The highest BCUT2D eigenvalue weighted by atomic mass is 32.2. The van der Waals surface area contributed by atoms with Crippen molar-refractivity contribution in [2.24, 2.45) is 0 Å². The highest BCUT2D eigenvalue weighted by molar-refractivity contribution is 7.85. The summed E-state index contributed by atoms with van der Waals surface area (Å²) in [6.07, 6.45) is 0. The molecule has 1 amide bonds. The Morgan fingerprint density at radius 2 is 1.83 bits per heavy atom. The lowest BCUT2D eigenvalue weighted by Gasteiger charge is -2.18. The van der Waals surface area contributed by atoms with E-state index in [1.54, 1.807) is 14.0 Å². The van der Waals surface area contributed by atoms with E-state index in [9.17, 15) is 9.00 Å². The summed E-state index contributed by atoms with van der Waals surface area (Å²) >= 11 is 0. The molecule has 0 aliphatic heterocycles. The highest BCUT2D eigenvalue weighted by Crippen LogP contribution is 2.16. The topological polar surface area (TPSA) is 55.4 Å². The molecular formula is C19H23NO3S. The molecule has 0 saturated carbocycles. The Bertz CT molecular complexity index is 703. The zero-order chi connectivity index (χ0) is 17.5. The highest BCUT2D eigenvalue weighted by Gasteiger charge is 2.22. The molecule has 2 aromatic rings. The molecule has 0 heterocycles. The van der Waals surface area contributed by atoms with Gasteiger partial charge in [0.15, 0.2) is 0 Å². The van der Waals surface area contributed by atoms with E-state index < -0.39 is 16.0 Å². The Morgan fingerprint density at radius 1 is 1.12 bits per heavy atom. The van der Waals surface area contributed by atoms with E-state index in [0.29, 0.717) is 5.75 Å². The van der Waals surface area contributed by atoms with Gasteiger partial charge in [0.25, 0.3) is 0 Å². The van der Waals surface area contributed by atoms with E-state index in [4.69, 9.17) is 4.74 Å². The molecular weight excluding hydrogens is 322 g/mol. The lowest BCUT2D eigenvalue weighted by Crippen LogP contribution is -2.37. The number of carbonyl (C=O) groups is 1. The molecule has 0 bridgehead atoms. The molecule has 0 radical (unpaired) electrons. The number of carbonyl (C=O) groups excluding carboxylic acids is 1. The molecule has 3 atom stereocenters. The van der Waals surface area contributed by atoms with Crippen LogP contribution in [0.2, 0.25) is 0 Å². The van der Waals surface area contributed by atoms with Gasteiger partial charge in [0.05, 0.1) is 13.2 Å². The number of benzene rings is 2. The van der Waals surface area contributed by atoms with Gasteiger partial charge in [-0.2, -0.15) is 0 Å². The molecule has 24 heavy (non-hydrogen) atoms. The normalized spacial score (nSPS) is 14.5. The van der Waals surface area contributed by atoms with Crippen LogP contribution in [-0.2, 0) is 21.3 Å². The van der Waals surface area contributed by atoms with Gasteiger partial charge in [-0.05, 0) is 37.1 Å². The van der Waals surface area contributed by atoms with Crippen molar-refractivity contribution in [3.63, 3.8) is 0 Å². The number of amides is 1. The maximum Gasteiger partial charge on any atom is 0.235 e. The van der Waals surface area contributed by atoms with Crippen LogP contribution in [-0.4, -0.2) is 22.5 Å². The quantitative estimate of drug-likeness (QED) is 0.838. The van der Waals surface area contributed by atoms with Crippen LogP contribution in [0.3, 0.4) is 0 Å². The first kappa shape index (κ1) is 18.2. The van der Waals surface area contributed by atoms with Crippen LogP contribution in [0.4, 0.5) is 0 Å². The van der Waals surface area contributed by atoms with Gasteiger partial charge in [0.2, 0.25) is 5.91 Å². The largest absolute Gasteiger partial charge is 0.497 e. The van der Waals surface area contributed by atoms with Gasteiger partial charge in [-0.1, -0.05) is 42.5 Å². The summed E-state index contributed by atoms with van der Waals surface area (Å²) in [6, 6.07) is 17.0. The average Bonchev–Trinajstić information content (AvgIpc) is 2.61. The van der Waals surface area contributed by atoms with Crippen molar-refractivity contribution in [1.82, 2.24) is 5.32 Å². The number of hydrogen-bond acceptors (Lipinski definition) is 3. The molecule has 0 aliphatic carbocycles. The summed E-state index contributed by atoms with van der Waals surface area (Å²) in [5.41, 5.74) is 1.92. The van der Waals surface area contributed by atoms with Gasteiger partial charge >= 0.3 is 0 Å². The molecule has 128 valence electrons. The molecule has 0 saturated heterocycles. The monoisotopic (exact) mass is 345 g/mol. The fourth-order valence-electron chi connectivity index (χ4n) is 2.33. The average molecular weight is 345 g/mol. The van der Waals surface area contributed by atoms with Gasteiger partial charge < -0.3 is 10.1 Å². The van der Waals surface area contributed by atoms with E-state index in [1.165, 1.54) is 0 Å². The zero-order valence-electron chi connectivity index (χ0n) is 14.2. The third kappa shape index (κ3) is 4.93. The van der Waals surface area contributed by atoms with Crippen molar-refractivity contribution in [1.29, 1.82) is 0 Å². The third-order valence-corrected chi connectivity index (χ3v) is 5.49. The number of ether oxygens (including phenoxy) is 1. The molecule has 0 aliphatic rings. The van der Waals surface area contributed by atoms with Crippen molar-refractivity contribution in [3.8, 4) is 5.75 Å². The van der Waals surface area contributed by atoms with E-state index in [-0.39, 0.29) is 11.9 Å². The number of methoxy groups -OCH3 is 1. The Hall–Kier alpha value is -2.14. The van der Waals surface area contributed by atoms with Crippen LogP contribution in [0.1, 0.15) is 31.0 Å². The maximum atomic E-state index is 12.5. The smallest absolute Gasteiger partial charge is 0.235 e. The van der Waals surface area contributed by atoms with Crippen molar-refractivity contribution in [3.05, 3.63) is 65.7 Å².